The number of anilines is 1. The fourth-order valence-electron chi connectivity index (χ4n) is 1.84. The van der Waals surface area contributed by atoms with E-state index in [4.69, 9.17) is 9.84 Å². The predicted molar refractivity (Wildman–Crippen MR) is 72.3 cm³/mol. The molecular weight excluding hydrogens is 249 g/mol. The third-order valence-electron chi connectivity index (χ3n) is 2.70. The maximum Gasteiger partial charge on any atom is 0.338 e. The zero-order valence-corrected chi connectivity index (χ0v) is 11.5. The van der Waals surface area contributed by atoms with Crippen LogP contribution in [0.15, 0.2) is 18.2 Å². The molecule has 0 amide bonds. The molecule has 1 aromatic carbocycles. The van der Waals surface area contributed by atoms with Gasteiger partial charge in [-0.25, -0.2) is 9.18 Å². The average Bonchev–Trinajstić information content (AvgIpc) is 2.33. The molecule has 1 aromatic rings. The van der Waals surface area contributed by atoms with E-state index in [-0.39, 0.29) is 5.56 Å². The molecule has 0 aliphatic rings. The molecule has 0 radical (unpaired) electrons. The van der Waals surface area contributed by atoms with Crippen molar-refractivity contribution in [3.8, 4) is 0 Å². The molecule has 0 atom stereocenters. The third kappa shape index (κ3) is 4.52. The highest BCUT2D eigenvalue weighted by Crippen LogP contribution is 2.20. The number of rotatable bonds is 7. The summed E-state index contributed by atoms with van der Waals surface area (Å²) in [5, 5.41) is 8.81. The number of carboxylic acid groups (broad SMARTS) is 1. The number of carboxylic acids is 1. The van der Waals surface area contributed by atoms with E-state index in [2.05, 4.69) is 13.8 Å². The van der Waals surface area contributed by atoms with E-state index in [1.807, 2.05) is 4.90 Å². The number of benzene rings is 1. The summed E-state index contributed by atoms with van der Waals surface area (Å²) in [6.45, 7) is 6.08. The van der Waals surface area contributed by atoms with Crippen LogP contribution >= 0.6 is 0 Å². The molecule has 4 nitrogen and oxygen atoms in total. The van der Waals surface area contributed by atoms with Gasteiger partial charge in [0.25, 0.3) is 0 Å². The largest absolute Gasteiger partial charge is 0.478 e. The Morgan fingerprint density at radius 3 is 2.63 bits per heavy atom. The zero-order chi connectivity index (χ0) is 14.4. The normalized spacial score (nSPS) is 10.8. The molecular formula is C14H20FNO3. The fourth-order valence-corrected chi connectivity index (χ4v) is 1.84. The first-order valence-corrected chi connectivity index (χ1v) is 6.22. The molecule has 1 rings (SSSR count). The number of nitrogens with zero attached hydrogens (tertiary/aromatic N) is 1. The lowest BCUT2D eigenvalue weighted by Gasteiger charge is -2.26. The van der Waals surface area contributed by atoms with E-state index in [1.165, 1.54) is 12.1 Å². The summed E-state index contributed by atoms with van der Waals surface area (Å²) in [6, 6.07) is 4.19. The van der Waals surface area contributed by atoms with Gasteiger partial charge >= 0.3 is 5.97 Å². The Morgan fingerprint density at radius 2 is 2.16 bits per heavy atom. The van der Waals surface area contributed by atoms with Gasteiger partial charge in [0.05, 0.1) is 12.2 Å². The summed E-state index contributed by atoms with van der Waals surface area (Å²) in [6.07, 6.45) is 0. The lowest BCUT2D eigenvalue weighted by Crippen LogP contribution is -2.31. The first kappa shape index (κ1) is 15.4. The minimum absolute atomic E-state index is 0.306. The Morgan fingerprint density at radius 1 is 1.47 bits per heavy atom. The third-order valence-corrected chi connectivity index (χ3v) is 2.70. The Hall–Kier alpha value is -1.62. The molecule has 0 bridgehead atoms. The van der Waals surface area contributed by atoms with Crippen molar-refractivity contribution >= 4 is 11.7 Å². The number of hydrogen-bond donors (Lipinski definition) is 1. The maximum absolute atomic E-state index is 13.7. The Kier molecular flexibility index (Phi) is 5.76. The van der Waals surface area contributed by atoms with Gasteiger partial charge in [-0.15, -0.1) is 0 Å². The van der Waals surface area contributed by atoms with Crippen molar-refractivity contribution in [2.45, 2.75) is 13.8 Å². The molecule has 1 N–H and O–H groups in total. The number of hydrogen-bond acceptors (Lipinski definition) is 3. The molecule has 0 aromatic heterocycles. The van der Waals surface area contributed by atoms with Gasteiger partial charge in [0.15, 0.2) is 0 Å². The van der Waals surface area contributed by atoms with Crippen LogP contribution in [0.2, 0.25) is 0 Å². The minimum Gasteiger partial charge on any atom is -0.478 e. The lowest BCUT2D eigenvalue weighted by atomic mass is 10.1. The van der Waals surface area contributed by atoms with Crippen molar-refractivity contribution in [2.75, 3.05) is 31.7 Å². The van der Waals surface area contributed by atoms with Crippen LogP contribution in [0.25, 0.3) is 0 Å². The molecule has 19 heavy (non-hydrogen) atoms. The summed E-state index contributed by atoms with van der Waals surface area (Å²) in [7, 11) is 1.61. The molecule has 0 saturated carbocycles. The smallest absolute Gasteiger partial charge is 0.338 e. The van der Waals surface area contributed by atoms with Crippen molar-refractivity contribution in [1.29, 1.82) is 0 Å². The van der Waals surface area contributed by atoms with Crippen LogP contribution in [0.5, 0.6) is 0 Å². The topological polar surface area (TPSA) is 49.8 Å². The number of methoxy groups -OCH3 is 1. The SMILES string of the molecule is COCCN(CC(C)C)c1ccc(C(=O)O)c(F)c1. The molecule has 0 aliphatic heterocycles. The number of halogens is 1. The Balaban J connectivity index is 2.95. The van der Waals surface area contributed by atoms with Gasteiger partial charge in [-0.3, -0.25) is 0 Å². The van der Waals surface area contributed by atoms with Crippen molar-refractivity contribution in [3.63, 3.8) is 0 Å². The van der Waals surface area contributed by atoms with E-state index < -0.39 is 11.8 Å². The van der Waals surface area contributed by atoms with Gasteiger partial charge in [-0.05, 0) is 24.1 Å². The highest BCUT2D eigenvalue weighted by atomic mass is 19.1. The van der Waals surface area contributed by atoms with Gasteiger partial charge in [-0.2, -0.15) is 0 Å². The summed E-state index contributed by atoms with van der Waals surface area (Å²) in [5.41, 5.74) is 0.369. The van der Waals surface area contributed by atoms with Gasteiger partial charge in [0.1, 0.15) is 5.82 Å². The Labute approximate surface area is 112 Å². The lowest BCUT2D eigenvalue weighted by molar-refractivity contribution is 0.0692. The predicted octanol–water partition coefficient (Wildman–Crippen LogP) is 2.63. The molecule has 0 heterocycles. The zero-order valence-electron chi connectivity index (χ0n) is 11.5. The number of carbonyl (C=O) groups is 1. The van der Waals surface area contributed by atoms with Crippen LogP contribution in [0.1, 0.15) is 24.2 Å². The van der Waals surface area contributed by atoms with Crippen molar-refractivity contribution in [1.82, 2.24) is 0 Å². The first-order valence-electron chi connectivity index (χ1n) is 6.22. The number of ether oxygens (including phenoxy) is 1. The summed E-state index contributed by atoms with van der Waals surface area (Å²) in [4.78, 5) is 12.8. The second-order valence-corrected chi connectivity index (χ2v) is 4.80. The fraction of sp³-hybridized carbons (Fsp3) is 0.500. The second kappa shape index (κ2) is 7.09. The van der Waals surface area contributed by atoms with Gasteiger partial charge in [-0.1, -0.05) is 13.8 Å². The molecule has 0 unspecified atom stereocenters. The number of aromatic carboxylic acids is 1. The summed E-state index contributed by atoms with van der Waals surface area (Å²) in [5.74, 6) is -1.55. The standard InChI is InChI=1S/C14H20FNO3/c1-10(2)9-16(6-7-19-3)11-4-5-12(14(17)18)13(15)8-11/h4-5,8,10H,6-7,9H2,1-3H3,(H,17,18). The van der Waals surface area contributed by atoms with Gasteiger partial charge in [0.2, 0.25) is 0 Å². The van der Waals surface area contributed by atoms with Crippen molar-refractivity contribution in [3.05, 3.63) is 29.6 Å². The van der Waals surface area contributed by atoms with Crippen LogP contribution in [0.3, 0.4) is 0 Å². The van der Waals surface area contributed by atoms with E-state index in [9.17, 15) is 9.18 Å². The van der Waals surface area contributed by atoms with Crippen molar-refractivity contribution in [2.24, 2.45) is 5.92 Å². The molecule has 0 spiro atoms. The summed E-state index contributed by atoms with van der Waals surface area (Å²) >= 11 is 0. The summed E-state index contributed by atoms with van der Waals surface area (Å²) < 4.78 is 18.7. The first-order chi connectivity index (χ1) is 8.95. The van der Waals surface area contributed by atoms with E-state index in [1.54, 1.807) is 13.2 Å². The molecule has 0 saturated heterocycles. The Bertz CT molecular complexity index is 435. The molecule has 5 heteroatoms. The maximum atomic E-state index is 13.7. The van der Waals surface area contributed by atoms with Crippen LogP contribution in [0.4, 0.5) is 10.1 Å². The highest BCUT2D eigenvalue weighted by Gasteiger charge is 2.14. The van der Waals surface area contributed by atoms with Crippen LogP contribution in [-0.2, 0) is 4.74 Å². The minimum atomic E-state index is -1.25. The van der Waals surface area contributed by atoms with Crippen molar-refractivity contribution < 1.29 is 19.0 Å². The van der Waals surface area contributed by atoms with E-state index in [0.29, 0.717) is 24.8 Å². The monoisotopic (exact) mass is 269 g/mol. The molecule has 106 valence electrons. The van der Waals surface area contributed by atoms with Gasteiger partial charge in [0, 0.05) is 25.9 Å². The highest BCUT2D eigenvalue weighted by molar-refractivity contribution is 5.88. The van der Waals surface area contributed by atoms with Crippen LogP contribution < -0.4 is 4.90 Å². The van der Waals surface area contributed by atoms with Gasteiger partial charge < -0.3 is 14.7 Å². The molecule has 0 aliphatic carbocycles. The average molecular weight is 269 g/mol. The second-order valence-electron chi connectivity index (χ2n) is 4.80. The van der Waals surface area contributed by atoms with E-state index in [0.717, 1.165) is 6.54 Å². The van der Waals surface area contributed by atoms with E-state index >= 15 is 0 Å². The molecule has 0 fully saturated rings. The quantitative estimate of drug-likeness (QED) is 0.826. The van der Waals surface area contributed by atoms with Crippen LogP contribution in [-0.4, -0.2) is 37.9 Å². The van der Waals surface area contributed by atoms with Crippen LogP contribution in [0, 0.1) is 11.7 Å².